The summed E-state index contributed by atoms with van der Waals surface area (Å²) in [5.41, 5.74) is -0.0362. The van der Waals surface area contributed by atoms with Crippen molar-refractivity contribution < 1.29 is 26.9 Å². The average molecular weight is 356 g/mol. The first kappa shape index (κ1) is 15.9. The average Bonchev–Trinajstić information content (AvgIpc) is 3.12. The Balaban J connectivity index is 1.56. The highest BCUT2D eigenvalue weighted by Crippen LogP contribution is 2.44. The zero-order valence-corrected chi connectivity index (χ0v) is 12.7. The number of aromatic nitrogens is 2. The van der Waals surface area contributed by atoms with Gasteiger partial charge in [-0.1, -0.05) is 5.16 Å². The molecule has 0 radical (unpaired) electrons. The van der Waals surface area contributed by atoms with Crippen LogP contribution in [0.4, 0.5) is 28.2 Å². The standard InChI is InChI=1S/C15H12F4N4O2/c16-13-9-5-7-1-2-10(8(9)3-4-20-13)23(7)14(24)21-12-6-11(22-25-12)15(17,18)19/h3-4,6-7,10H,1-2,5H2,(H,21,24)/t7-,10+/m1/s1. The molecule has 1 N–H and O–H groups in total. The van der Waals surface area contributed by atoms with Gasteiger partial charge in [0, 0.05) is 23.9 Å². The van der Waals surface area contributed by atoms with Crippen molar-refractivity contribution in [3.8, 4) is 0 Å². The molecule has 2 aromatic heterocycles. The molecule has 4 heterocycles. The van der Waals surface area contributed by atoms with Crippen LogP contribution in [0.3, 0.4) is 0 Å². The second-order valence-electron chi connectivity index (χ2n) is 6.03. The molecule has 10 heteroatoms. The minimum absolute atomic E-state index is 0.235. The highest BCUT2D eigenvalue weighted by molar-refractivity contribution is 5.89. The molecule has 1 fully saturated rings. The Morgan fingerprint density at radius 3 is 2.88 bits per heavy atom. The lowest BCUT2D eigenvalue weighted by Crippen LogP contribution is -2.44. The number of fused-ring (bicyclic) bond motifs is 4. The number of pyridine rings is 1. The van der Waals surface area contributed by atoms with Crippen LogP contribution in [0.25, 0.3) is 0 Å². The largest absolute Gasteiger partial charge is 0.436 e. The number of anilines is 1. The first-order valence-electron chi connectivity index (χ1n) is 7.61. The molecule has 2 atom stereocenters. The van der Waals surface area contributed by atoms with Gasteiger partial charge in [-0.2, -0.15) is 17.6 Å². The molecule has 2 bridgehead atoms. The van der Waals surface area contributed by atoms with Crippen molar-refractivity contribution in [3.63, 3.8) is 0 Å². The Hall–Kier alpha value is -2.65. The van der Waals surface area contributed by atoms with E-state index in [0.29, 0.717) is 36.5 Å². The van der Waals surface area contributed by atoms with Crippen LogP contribution in [0.15, 0.2) is 22.9 Å². The third-order valence-corrected chi connectivity index (χ3v) is 4.61. The summed E-state index contributed by atoms with van der Waals surface area (Å²) in [4.78, 5) is 17.7. The Labute approximate surface area is 138 Å². The minimum Gasteiger partial charge on any atom is -0.338 e. The topological polar surface area (TPSA) is 71.3 Å². The smallest absolute Gasteiger partial charge is 0.338 e. The summed E-state index contributed by atoms with van der Waals surface area (Å²) < 4.78 is 56.0. The number of carbonyl (C=O) groups is 1. The fourth-order valence-corrected chi connectivity index (χ4v) is 3.56. The maximum atomic E-state index is 13.9. The summed E-state index contributed by atoms with van der Waals surface area (Å²) in [6.07, 6.45) is -1.66. The molecule has 6 nitrogen and oxygen atoms in total. The molecule has 0 aliphatic carbocycles. The summed E-state index contributed by atoms with van der Waals surface area (Å²) in [5, 5.41) is 5.19. The molecule has 132 valence electrons. The maximum absolute atomic E-state index is 13.9. The van der Waals surface area contributed by atoms with Crippen molar-refractivity contribution in [2.45, 2.75) is 37.5 Å². The van der Waals surface area contributed by atoms with Crippen LogP contribution >= 0.6 is 0 Å². The van der Waals surface area contributed by atoms with Gasteiger partial charge in [0.25, 0.3) is 0 Å². The number of carbonyl (C=O) groups excluding carboxylic acids is 1. The SMILES string of the molecule is O=C(Nc1cc(C(F)(F)F)no1)N1[C@@H]2CC[C@H]1c1ccnc(F)c1C2. The number of halogens is 4. The normalized spacial score (nSPS) is 22.0. The molecule has 0 saturated carbocycles. The molecule has 2 aromatic rings. The van der Waals surface area contributed by atoms with Gasteiger partial charge in [0.15, 0.2) is 5.69 Å². The highest BCUT2D eigenvalue weighted by Gasteiger charge is 2.44. The molecule has 0 spiro atoms. The fourth-order valence-electron chi connectivity index (χ4n) is 3.56. The summed E-state index contributed by atoms with van der Waals surface area (Å²) >= 11 is 0. The predicted octanol–water partition coefficient (Wildman–Crippen LogP) is 3.52. The van der Waals surface area contributed by atoms with E-state index in [-0.39, 0.29) is 18.0 Å². The van der Waals surface area contributed by atoms with Crippen LogP contribution < -0.4 is 5.32 Å². The molecule has 2 aliphatic rings. The van der Waals surface area contributed by atoms with Crippen LogP contribution in [0.2, 0.25) is 0 Å². The van der Waals surface area contributed by atoms with Crippen molar-refractivity contribution >= 4 is 11.9 Å². The van der Waals surface area contributed by atoms with Crippen molar-refractivity contribution in [2.75, 3.05) is 5.32 Å². The molecular weight excluding hydrogens is 344 g/mol. The number of hydrogen-bond donors (Lipinski definition) is 1. The number of urea groups is 1. The van der Waals surface area contributed by atoms with E-state index >= 15 is 0 Å². The van der Waals surface area contributed by atoms with Crippen LogP contribution in [-0.2, 0) is 12.6 Å². The molecule has 4 rings (SSSR count). The molecule has 1 saturated heterocycles. The quantitative estimate of drug-likeness (QED) is 0.627. The lowest BCUT2D eigenvalue weighted by molar-refractivity contribution is -0.142. The second kappa shape index (κ2) is 5.43. The van der Waals surface area contributed by atoms with E-state index in [9.17, 15) is 22.4 Å². The van der Waals surface area contributed by atoms with Gasteiger partial charge in [-0.3, -0.25) is 5.32 Å². The predicted molar refractivity (Wildman–Crippen MR) is 76.0 cm³/mol. The van der Waals surface area contributed by atoms with Crippen molar-refractivity contribution in [1.29, 1.82) is 0 Å². The van der Waals surface area contributed by atoms with Gasteiger partial charge in [0.1, 0.15) is 0 Å². The van der Waals surface area contributed by atoms with Gasteiger partial charge in [0.2, 0.25) is 11.8 Å². The molecule has 0 unspecified atom stereocenters. The van der Waals surface area contributed by atoms with Crippen LogP contribution in [0.1, 0.15) is 35.7 Å². The second-order valence-corrected chi connectivity index (χ2v) is 6.03. The Morgan fingerprint density at radius 2 is 2.16 bits per heavy atom. The zero-order chi connectivity index (χ0) is 17.8. The third kappa shape index (κ3) is 2.61. The Bertz CT molecular complexity index is 835. The van der Waals surface area contributed by atoms with E-state index in [1.807, 2.05) is 0 Å². The zero-order valence-electron chi connectivity index (χ0n) is 12.7. The van der Waals surface area contributed by atoms with Gasteiger partial charge >= 0.3 is 12.2 Å². The van der Waals surface area contributed by atoms with E-state index in [1.54, 1.807) is 6.07 Å². The monoisotopic (exact) mass is 356 g/mol. The van der Waals surface area contributed by atoms with Crippen LogP contribution in [0.5, 0.6) is 0 Å². The van der Waals surface area contributed by atoms with Crippen LogP contribution in [-0.4, -0.2) is 27.1 Å². The Kier molecular flexibility index (Phi) is 3.44. The van der Waals surface area contributed by atoms with E-state index in [1.165, 1.54) is 11.1 Å². The third-order valence-electron chi connectivity index (χ3n) is 4.61. The number of amides is 2. The minimum atomic E-state index is -4.65. The summed E-state index contributed by atoms with van der Waals surface area (Å²) in [6, 6.07) is 1.13. The van der Waals surface area contributed by atoms with Crippen LogP contribution in [0, 0.1) is 5.95 Å². The molecule has 2 aliphatic heterocycles. The van der Waals surface area contributed by atoms with E-state index in [2.05, 4.69) is 20.0 Å². The molecule has 2 amide bonds. The summed E-state index contributed by atoms with van der Waals surface area (Å²) in [6.45, 7) is 0. The van der Waals surface area contributed by atoms with Crippen molar-refractivity contribution in [1.82, 2.24) is 15.0 Å². The van der Waals surface area contributed by atoms with Gasteiger partial charge in [-0.25, -0.2) is 9.78 Å². The van der Waals surface area contributed by atoms with Gasteiger partial charge in [0.05, 0.1) is 6.04 Å². The molecule has 25 heavy (non-hydrogen) atoms. The first-order valence-corrected chi connectivity index (χ1v) is 7.61. The number of rotatable bonds is 1. The molecular formula is C15H12F4N4O2. The maximum Gasteiger partial charge on any atom is 0.436 e. The van der Waals surface area contributed by atoms with Gasteiger partial charge in [-0.05, 0) is 30.9 Å². The number of nitrogens with zero attached hydrogens (tertiary/aromatic N) is 3. The summed E-state index contributed by atoms with van der Waals surface area (Å²) in [7, 11) is 0. The van der Waals surface area contributed by atoms with Crippen molar-refractivity contribution in [3.05, 3.63) is 41.1 Å². The lowest BCUT2D eigenvalue weighted by Gasteiger charge is -2.35. The number of alkyl halides is 3. The Morgan fingerprint density at radius 1 is 1.36 bits per heavy atom. The van der Waals surface area contributed by atoms with E-state index in [0.717, 1.165) is 0 Å². The van der Waals surface area contributed by atoms with E-state index < -0.39 is 23.8 Å². The number of nitrogens with one attached hydrogen (secondary N) is 1. The van der Waals surface area contributed by atoms with Gasteiger partial charge < -0.3 is 9.42 Å². The van der Waals surface area contributed by atoms with Gasteiger partial charge in [-0.15, -0.1) is 0 Å². The molecule has 0 aromatic carbocycles. The van der Waals surface area contributed by atoms with E-state index in [4.69, 9.17) is 0 Å². The fraction of sp³-hybridized carbons (Fsp3) is 0.400. The van der Waals surface area contributed by atoms with Crippen molar-refractivity contribution in [2.24, 2.45) is 0 Å². The lowest BCUT2D eigenvalue weighted by atomic mass is 9.95. The number of hydrogen-bond acceptors (Lipinski definition) is 4. The first-order chi connectivity index (χ1) is 11.8. The summed E-state index contributed by atoms with van der Waals surface area (Å²) in [5.74, 6) is -0.928. The highest BCUT2D eigenvalue weighted by atomic mass is 19.4.